The largest absolute Gasteiger partial charge is 0.465 e. The summed E-state index contributed by atoms with van der Waals surface area (Å²) in [5.41, 5.74) is 4.34. The van der Waals surface area contributed by atoms with Crippen LogP contribution in [0.15, 0.2) is 12.1 Å². The van der Waals surface area contributed by atoms with Gasteiger partial charge in [0, 0.05) is 12.2 Å². The first-order valence-electron chi connectivity index (χ1n) is 5.74. The van der Waals surface area contributed by atoms with Crippen molar-refractivity contribution in [2.24, 2.45) is 0 Å². The molecule has 3 heteroatoms. The number of nitrogens with one attached hydrogen (secondary N) is 1. The average molecular weight is 219 g/mol. The second kappa shape index (κ2) is 4.56. The summed E-state index contributed by atoms with van der Waals surface area (Å²) in [4.78, 5) is 11.5. The third-order valence-electron chi connectivity index (χ3n) is 3.03. The highest BCUT2D eigenvalue weighted by atomic mass is 16.5. The zero-order valence-corrected chi connectivity index (χ0v) is 9.80. The van der Waals surface area contributed by atoms with Gasteiger partial charge in [-0.05, 0) is 42.5 Å². The Morgan fingerprint density at radius 2 is 2.31 bits per heavy atom. The lowest BCUT2D eigenvalue weighted by atomic mass is 9.95. The minimum atomic E-state index is -0.247. The highest BCUT2D eigenvalue weighted by Crippen LogP contribution is 2.28. The molecule has 1 aromatic rings. The normalized spacial score (nSPS) is 13.9. The van der Waals surface area contributed by atoms with E-state index in [1.807, 2.05) is 12.1 Å². The van der Waals surface area contributed by atoms with E-state index < -0.39 is 0 Å². The van der Waals surface area contributed by atoms with Gasteiger partial charge in [-0.3, -0.25) is 0 Å². The number of methoxy groups -OCH3 is 1. The molecule has 1 aromatic carbocycles. The Balaban J connectivity index is 2.47. The van der Waals surface area contributed by atoms with Crippen molar-refractivity contribution in [3.63, 3.8) is 0 Å². The summed E-state index contributed by atoms with van der Waals surface area (Å²) in [6, 6.07) is 3.88. The summed E-state index contributed by atoms with van der Waals surface area (Å²) in [7, 11) is 1.42. The number of rotatable bonds is 2. The molecule has 1 heterocycles. The smallest absolute Gasteiger partial charge is 0.337 e. The van der Waals surface area contributed by atoms with Crippen molar-refractivity contribution in [3.8, 4) is 0 Å². The van der Waals surface area contributed by atoms with E-state index in [2.05, 4.69) is 12.2 Å². The van der Waals surface area contributed by atoms with Crippen LogP contribution in [0.4, 0.5) is 5.69 Å². The number of aryl methyl sites for hydroxylation is 2. The third-order valence-corrected chi connectivity index (χ3v) is 3.03. The summed E-state index contributed by atoms with van der Waals surface area (Å²) in [6.45, 7) is 3.13. The average Bonchev–Trinajstić information content (AvgIpc) is 2.36. The van der Waals surface area contributed by atoms with Crippen LogP contribution in [0.5, 0.6) is 0 Å². The molecule has 0 saturated heterocycles. The Hall–Kier alpha value is -1.51. The summed E-state index contributed by atoms with van der Waals surface area (Å²) in [5.74, 6) is -0.247. The molecule has 0 fully saturated rings. The van der Waals surface area contributed by atoms with E-state index >= 15 is 0 Å². The van der Waals surface area contributed by atoms with Crippen molar-refractivity contribution < 1.29 is 9.53 Å². The topological polar surface area (TPSA) is 38.3 Å². The first kappa shape index (κ1) is 11.0. The maximum atomic E-state index is 11.5. The van der Waals surface area contributed by atoms with Crippen LogP contribution in [-0.2, 0) is 17.6 Å². The number of benzene rings is 1. The molecule has 0 atom stereocenters. The summed E-state index contributed by atoms with van der Waals surface area (Å²) in [6.07, 6.45) is 3.10. The molecule has 16 heavy (non-hydrogen) atoms. The predicted molar refractivity (Wildman–Crippen MR) is 64.0 cm³/mol. The molecule has 0 unspecified atom stereocenters. The van der Waals surface area contributed by atoms with Crippen LogP contribution in [-0.4, -0.2) is 19.6 Å². The van der Waals surface area contributed by atoms with Crippen molar-refractivity contribution in [3.05, 3.63) is 28.8 Å². The van der Waals surface area contributed by atoms with Gasteiger partial charge < -0.3 is 10.1 Å². The Labute approximate surface area is 95.8 Å². The first-order valence-corrected chi connectivity index (χ1v) is 5.74. The highest BCUT2D eigenvalue weighted by Gasteiger charge is 2.16. The Morgan fingerprint density at radius 3 is 3.00 bits per heavy atom. The molecule has 3 nitrogen and oxygen atoms in total. The summed E-state index contributed by atoms with van der Waals surface area (Å²) >= 11 is 0. The Morgan fingerprint density at radius 1 is 1.50 bits per heavy atom. The second-order valence-electron chi connectivity index (χ2n) is 4.04. The minimum absolute atomic E-state index is 0.247. The molecule has 86 valence electrons. The molecule has 0 saturated carbocycles. The van der Waals surface area contributed by atoms with Crippen LogP contribution < -0.4 is 5.32 Å². The quantitative estimate of drug-likeness (QED) is 0.776. The van der Waals surface area contributed by atoms with Gasteiger partial charge in [0.1, 0.15) is 0 Å². The van der Waals surface area contributed by atoms with Crippen LogP contribution >= 0.6 is 0 Å². The van der Waals surface area contributed by atoms with Crippen LogP contribution in [0.2, 0.25) is 0 Å². The van der Waals surface area contributed by atoms with Crippen molar-refractivity contribution >= 4 is 11.7 Å². The van der Waals surface area contributed by atoms with Crippen molar-refractivity contribution in [2.75, 3.05) is 19.0 Å². The molecule has 0 radical (unpaired) electrons. The Kier molecular flexibility index (Phi) is 3.13. The monoisotopic (exact) mass is 219 g/mol. The third kappa shape index (κ3) is 1.90. The molecular formula is C13H17NO2. The molecule has 0 amide bonds. The zero-order valence-electron chi connectivity index (χ0n) is 9.80. The second-order valence-corrected chi connectivity index (χ2v) is 4.04. The van der Waals surface area contributed by atoms with Crippen molar-refractivity contribution in [1.82, 2.24) is 0 Å². The Bertz CT molecular complexity index is 395. The van der Waals surface area contributed by atoms with Gasteiger partial charge in [-0.1, -0.05) is 6.92 Å². The van der Waals surface area contributed by atoms with Crippen molar-refractivity contribution in [2.45, 2.75) is 26.2 Å². The van der Waals surface area contributed by atoms with E-state index in [4.69, 9.17) is 4.74 Å². The molecule has 0 bridgehead atoms. The molecule has 0 aliphatic carbocycles. The number of ether oxygens (including phenoxy) is 1. The zero-order chi connectivity index (χ0) is 11.5. The van der Waals surface area contributed by atoms with Crippen LogP contribution in [0.1, 0.15) is 34.8 Å². The number of hydrogen-bond acceptors (Lipinski definition) is 3. The molecule has 2 rings (SSSR count). The predicted octanol–water partition coefficient (Wildman–Crippen LogP) is 2.39. The maximum absolute atomic E-state index is 11.5. The van der Waals surface area contributed by atoms with Gasteiger partial charge in [0.15, 0.2) is 0 Å². The summed E-state index contributed by atoms with van der Waals surface area (Å²) < 4.78 is 4.77. The number of carbonyl (C=O) groups is 1. The van der Waals surface area contributed by atoms with Crippen LogP contribution in [0.25, 0.3) is 0 Å². The van der Waals surface area contributed by atoms with Gasteiger partial charge in [0.2, 0.25) is 0 Å². The standard InChI is InChI=1S/C13H17NO2/c1-3-9-7-11(13(15)16-2)8-10-5-4-6-14-12(9)10/h7-8,14H,3-6H2,1-2H3. The molecule has 1 aliphatic rings. The van der Waals surface area contributed by atoms with Gasteiger partial charge in [0.05, 0.1) is 12.7 Å². The van der Waals surface area contributed by atoms with E-state index in [0.717, 1.165) is 25.8 Å². The van der Waals surface area contributed by atoms with Gasteiger partial charge in [0.25, 0.3) is 0 Å². The highest BCUT2D eigenvalue weighted by molar-refractivity contribution is 5.91. The number of fused-ring (bicyclic) bond motifs is 1. The number of anilines is 1. The first-order chi connectivity index (χ1) is 7.76. The molecule has 1 N–H and O–H groups in total. The minimum Gasteiger partial charge on any atom is -0.465 e. The SMILES string of the molecule is CCc1cc(C(=O)OC)cc2c1NCCC2. The van der Waals surface area contributed by atoms with E-state index in [9.17, 15) is 4.79 Å². The number of hydrogen-bond donors (Lipinski definition) is 1. The fourth-order valence-electron chi connectivity index (χ4n) is 2.20. The van der Waals surface area contributed by atoms with E-state index in [0.29, 0.717) is 5.56 Å². The molecular weight excluding hydrogens is 202 g/mol. The van der Waals surface area contributed by atoms with Gasteiger partial charge in [-0.25, -0.2) is 4.79 Å². The van der Waals surface area contributed by atoms with E-state index in [-0.39, 0.29) is 5.97 Å². The van der Waals surface area contributed by atoms with Gasteiger partial charge >= 0.3 is 5.97 Å². The van der Waals surface area contributed by atoms with Gasteiger partial charge in [-0.2, -0.15) is 0 Å². The number of esters is 1. The fourth-order valence-corrected chi connectivity index (χ4v) is 2.20. The van der Waals surface area contributed by atoms with Crippen molar-refractivity contribution in [1.29, 1.82) is 0 Å². The summed E-state index contributed by atoms with van der Waals surface area (Å²) in [5, 5.41) is 3.41. The number of carbonyl (C=O) groups excluding carboxylic acids is 1. The molecule has 0 aromatic heterocycles. The maximum Gasteiger partial charge on any atom is 0.337 e. The fraction of sp³-hybridized carbons (Fsp3) is 0.462. The lowest BCUT2D eigenvalue weighted by Gasteiger charge is -2.21. The lowest BCUT2D eigenvalue weighted by molar-refractivity contribution is 0.0600. The van der Waals surface area contributed by atoms with E-state index in [1.165, 1.54) is 23.9 Å². The van der Waals surface area contributed by atoms with Gasteiger partial charge in [-0.15, -0.1) is 0 Å². The van der Waals surface area contributed by atoms with Crippen LogP contribution in [0, 0.1) is 0 Å². The van der Waals surface area contributed by atoms with Crippen LogP contribution in [0.3, 0.4) is 0 Å². The molecule has 0 spiro atoms. The molecule has 1 aliphatic heterocycles. The lowest BCUT2D eigenvalue weighted by Crippen LogP contribution is -2.15. The van der Waals surface area contributed by atoms with E-state index in [1.54, 1.807) is 0 Å².